The number of rotatable bonds is 12. The fourth-order valence-corrected chi connectivity index (χ4v) is 4.08. The third-order valence-electron chi connectivity index (χ3n) is 7.03. The number of carbonyl (C=O) groups is 2. The summed E-state index contributed by atoms with van der Waals surface area (Å²) < 4.78 is 20.5. The molecule has 0 amide bonds. The van der Waals surface area contributed by atoms with Crippen molar-refractivity contribution in [2.75, 3.05) is 13.2 Å². The summed E-state index contributed by atoms with van der Waals surface area (Å²) in [5.74, 6) is -1.64. The van der Waals surface area contributed by atoms with Gasteiger partial charge in [0.1, 0.15) is 48.8 Å². The van der Waals surface area contributed by atoms with Crippen LogP contribution >= 0.6 is 0 Å². The van der Waals surface area contributed by atoms with Crippen molar-refractivity contribution in [3.8, 4) is 0 Å². The van der Waals surface area contributed by atoms with Crippen molar-refractivity contribution in [3.05, 3.63) is 83.1 Å². The predicted molar refractivity (Wildman–Crippen MR) is 162 cm³/mol. The maximum absolute atomic E-state index is 12.3. The van der Waals surface area contributed by atoms with E-state index in [0.717, 1.165) is 11.1 Å². The summed E-state index contributed by atoms with van der Waals surface area (Å²) >= 11 is 0. The van der Waals surface area contributed by atoms with Crippen LogP contribution in [0.3, 0.4) is 0 Å². The number of allylic oxidation sites excluding steroid dienone is 12. The van der Waals surface area contributed by atoms with Crippen LogP contribution in [0.2, 0.25) is 0 Å². The van der Waals surface area contributed by atoms with Crippen LogP contribution in [0.5, 0.6) is 0 Å². The molecule has 14 nitrogen and oxygen atoms in total. The van der Waals surface area contributed by atoms with E-state index in [1.807, 2.05) is 26.0 Å². The fourth-order valence-electron chi connectivity index (χ4n) is 4.08. The van der Waals surface area contributed by atoms with Gasteiger partial charge >= 0.3 is 11.9 Å². The minimum absolute atomic E-state index is 0.174. The van der Waals surface area contributed by atoms with Gasteiger partial charge in [-0.3, -0.25) is 0 Å². The van der Waals surface area contributed by atoms with Crippen LogP contribution in [0.15, 0.2) is 83.1 Å². The molecule has 2 heterocycles. The molecular formula is C32H44O14. The molecule has 6 unspecified atom stereocenters. The monoisotopic (exact) mass is 652 g/mol. The van der Waals surface area contributed by atoms with Crippen LogP contribution in [-0.4, -0.2) is 127 Å². The molecule has 0 aromatic carbocycles. The first-order chi connectivity index (χ1) is 21.7. The zero-order chi connectivity index (χ0) is 34.6. The van der Waals surface area contributed by atoms with Crippen molar-refractivity contribution in [3.63, 3.8) is 0 Å². The second kappa shape index (κ2) is 18.8. The van der Waals surface area contributed by atoms with E-state index in [0.29, 0.717) is 0 Å². The molecule has 0 saturated carbocycles. The van der Waals surface area contributed by atoms with Gasteiger partial charge in [-0.05, 0) is 27.7 Å². The third-order valence-corrected chi connectivity index (χ3v) is 7.03. The van der Waals surface area contributed by atoms with Gasteiger partial charge < -0.3 is 59.8 Å². The first kappa shape index (κ1) is 38.9. The molecule has 256 valence electrons. The van der Waals surface area contributed by atoms with E-state index < -0.39 is 86.6 Å². The molecule has 0 bridgehead atoms. The van der Waals surface area contributed by atoms with E-state index in [1.54, 1.807) is 36.5 Å². The SMILES string of the molecule is CC(/C=C/C=C(\C)C(=O)O[C@@H]1OC(CO)[C@@H](O)C(O)C1O)=C\C=C\C=C(C)\C=C\C=C(/C)C(=O)O[C@@H]1OC(CO)[C@@H](O)C(O)C1O. The lowest BCUT2D eigenvalue weighted by molar-refractivity contribution is -0.291. The summed E-state index contributed by atoms with van der Waals surface area (Å²) in [6.07, 6.45) is 1.59. The van der Waals surface area contributed by atoms with Crippen LogP contribution < -0.4 is 0 Å². The molecular weight excluding hydrogens is 608 g/mol. The smallest absolute Gasteiger partial charge is 0.336 e. The minimum atomic E-state index is -1.69. The molecule has 8 N–H and O–H groups in total. The average Bonchev–Trinajstić information content (AvgIpc) is 3.03. The normalized spacial score (nSPS) is 33.7. The lowest BCUT2D eigenvalue weighted by Gasteiger charge is -2.39. The Labute approximate surface area is 266 Å². The molecule has 2 aliphatic rings. The highest BCUT2D eigenvalue weighted by molar-refractivity contribution is 5.88. The molecule has 0 aromatic rings. The Morgan fingerprint density at radius 2 is 0.891 bits per heavy atom. The van der Waals surface area contributed by atoms with Crippen molar-refractivity contribution in [2.24, 2.45) is 0 Å². The summed E-state index contributed by atoms with van der Waals surface area (Å²) in [7, 11) is 0. The van der Waals surface area contributed by atoms with Crippen molar-refractivity contribution >= 4 is 11.9 Å². The second-order valence-electron chi connectivity index (χ2n) is 10.8. The van der Waals surface area contributed by atoms with Gasteiger partial charge in [-0.15, -0.1) is 0 Å². The number of carbonyl (C=O) groups excluding carboxylic acids is 2. The van der Waals surface area contributed by atoms with Gasteiger partial charge in [-0.1, -0.05) is 71.9 Å². The summed E-state index contributed by atoms with van der Waals surface area (Å²) in [5.41, 5.74) is 2.04. The molecule has 46 heavy (non-hydrogen) atoms. The number of esters is 2. The quantitative estimate of drug-likeness (QED) is 0.0728. The summed E-state index contributed by atoms with van der Waals surface area (Å²) in [6, 6.07) is 0. The Bertz CT molecular complexity index is 1150. The molecule has 2 fully saturated rings. The first-order valence-corrected chi connectivity index (χ1v) is 14.5. The van der Waals surface area contributed by atoms with E-state index in [1.165, 1.54) is 26.0 Å². The maximum Gasteiger partial charge on any atom is 0.336 e. The molecule has 0 aliphatic carbocycles. The summed E-state index contributed by atoms with van der Waals surface area (Å²) in [4.78, 5) is 24.7. The Kier molecular flexibility index (Phi) is 15.9. The van der Waals surface area contributed by atoms with Crippen molar-refractivity contribution in [1.82, 2.24) is 0 Å². The van der Waals surface area contributed by atoms with Crippen LogP contribution in [0, 0.1) is 0 Å². The van der Waals surface area contributed by atoms with E-state index in [2.05, 4.69) is 0 Å². The molecule has 0 aromatic heterocycles. The number of hydrogen-bond donors (Lipinski definition) is 8. The van der Waals surface area contributed by atoms with Gasteiger partial charge in [-0.25, -0.2) is 9.59 Å². The van der Waals surface area contributed by atoms with E-state index in [4.69, 9.17) is 18.9 Å². The van der Waals surface area contributed by atoms with Gasteiger partial charge in [0.2, 0.25) is 12.6 Å². The Morgan fingerprint density at radius 1 is 0.543 bits per heavy atom. The number of ether oxygens (including phenoxy) is 4. The van der Waals surface area contributed by atoms with Gasteiger partial charge in [-0.2, -0.15) is 0 Å². The van der Waals surface area contributed by atoms with Crippen LogP contribution in [-0.2, 0) is 28.5 Å². The summed E-state index contributed by atoms with van der Waals surface area (Å²) in [6.45, 7) is 5.36. The van der Waals surface area contributed by atoms with Crippen molar-refractivity contribution in [2.45, 2.75) is 89.1 Å². The van der Waals surface area contributed by atoms with Gasteiger partial charge in [0.25, 0.3) is 0 Å². The number of aliphatic hydroxyl groups excluding tert-OH is 8. The van der Waals surface area contributed by atoms with E-state index in [-0.39, 0.29) is 11.1 Å². The molecule has 0 radical (unpaired) electrons. The van der Waals surface area contributed by atoms with E-state index in [9.17, 15) is 50.4 Å². The Balaban J connectivity index is 1.86. The largest absolute Gasteiger partial charge is 0.429 e. The number of aliphatic hydroxyl groups is 8. The lowest BCUT2D eigenvalue weighted by atomic mass is 9.99. The fraction of sp³-hybridized carbons (Fsp3) is 0.500. The zero-order valence-electron chi connectivity index (χ0n) is 26.0. The van der Waals surface area contributed by atoms with Crippen molar-refractivity contribution < 1.29 is 69.4 Å². The highest BCUT2D eigenvalue weighted by Crippen LogP contribution is 2.24. The second-order valence-corrected chi connectivity index (χ2v) is 10.8. The van der Waals surface area contributed by atoms with Crippen molar-refractivity contribution in [1.29, 1.82) is 0 Å². The number of hydrogen-bond acceptors (Lipinski definition) is 14. The van der Waals surface area contributed by atoms with Crippen LogP contribution in [0.25, 0.3) is 0 Å². The van der Waals surface area contributed by atoms with Crippen LogP contribution in [0.4, 0.5) is 0 Å². The maximum atomic E-state index is 12.3. The Hall–Kier alpha value is -3.28. The van der Waals surface area contributed by atoms with Gasteiger partial charge in [0.05, 0.1) is 13.2 Å². The minimum Gasteiger partial charge on any atom is -0.429 e. The topological polar surface area (TPSA) is 233 Å². The Morgan fingerprint density at radius 3 is 1.22 bits per heavy atom. The average molecular weight is 653 g/mol. The highest BCUT2D eigenvalue weighted by Gasteiger charge is 2.46. The molecule has 2 rings (SSSR count). The molecule has 10 atom stereocenters. The summed E-state index contributed by atoms with van der Waals surface area (Å²) in [5, 5.41) is 77.8. The first-order valence-electron chi connectivity index (χ1n) is 14.5. The highest BCUT2D eigenvalue weighted by atomic mass is 16.7. The predicted octanol–water partition coefficient (Wildman–Crippen LogP) is -0.874. The molecule has 0 spiro atoms. The molecule has 14 heteroatoms. The molecule has 2 aliphatic heterocycles. The standard InChI is InChI=1S/C32H44O14/c1-17(11-7-13-19(3)29(41)45-31-27(39)25(37)23(35)21(15-33)43-31)9-5-6-10-18(2)12-8-14-20(4)30(42)46-32-28(40)26(38)24(36)22(16-34)44-32/h5-14,21-28,31-40H,15-16H2,1-4H3/b6-5+,11-7+,12-8+,17-9+,18-10+,19-13+,20-14+/t21?,22?,23-,24-,25?,26?,27?,28?,31+,32+/m1/s1. The molecule has 2 saturated heterocycles. The van der Waals surface area contributed by atoms with E-state index >= 15 is 0 Å². The van der Waals surface area contributed by atoms with Gasteiger partial charge in [0.15, 0.2) is 0 Å². The zero-order valence-corrected chi connectivity index (χ0v) is 26.0. The lowest BCUT2D eigenvalue weighted by Crippen LogP contribution is -2.59. The van der Waals surface area contributed by atoms with Crippen LogP contribution in [0.1, 0.15) is 27.7 Å². The third kappa shape index (κ3) is 11.2. The van der Waals surface area contributed by atoms with Gasteiger partial charge in [0, 0.05) is 11.1 Å².